The molecule has 1 aliphatic rings. The molecule has 0 atom stereocenters. The van der Waals surface area contributed by atoms with Crippen molar-refractivity contribution in [2.45, 2.75) is 19.8 Å². The summed E-state index contributed by atoms with van der Waals surface area (Å²) in [5.41, 5.74) is 3.75. The van der Waals surface area contributed by atoms with E-state index in [9.17, 15) is 14.4 Å². The van der Waals surface area contributed by atoms with Gasteiger partial charge in [0.25, 0.3) is 11.8 Å². The summed E-state index contributed by atoms with van der Waals surface area (Å²) in [7, 11) is 0. The number of rotatable bonds is 4. The van der Waals surface area contributed by atoms with Crippen LogP contribution in [0.2, 0.25) is 0 Å². The zero-order valence-corrected chi connectivity index (χ0v) is 16.6. The number of anilines is 2. The Labute approximate surface area is 174 Å². The van der Waals surface area contributed by atoms with Crippen molar-refractivity contribution >= 4 is 29.0 Å². The van der Waals surface area contributed by atoms with Crippen molar-refractivity contribution in [2.75, 3.05) is 16.8 Å². The van der Waals surface area contributed by atoms with Crippen molar-refractivity contribution in [3.8, 4) is 0 Å². The Morgan fingerprint density at radius 1 is 0.967 bits per heavy atom. The number of benzene rings is 2. The van der Waals surface area contributed by atoms with E-state index in [2.05, 4.69) is 10.3 Å². The maximum Gasteiger partial charge on any atom is 0.276 e. The van der Waals surface area contributed by atoms with Crippen LogP contribution in [0.15, 0.2) is 66.9 Å². The second-order valence-corrected chi connectivity index (χ2v) is 7.21. The molecule has 6 nitrogen and oxygen atoms in total. The first-order valence-corrected chi connectivity index (χ1v) is 9.81. The van der Waals surface area contributed by atoms with Gasteiger partial charge in [-0.3, -0.25) is 19.4 Å². The molecule has 3 aromatic rings. The number of nitrogens with one attached hydrogen (secondary N) is 1. The molecule has 0 aliphatic carbocycles. The average molecular weight is 399 g/mol. The summed E-state index contributed by atoms with van der Waals surface area (Å²) in [6.45, 7) is 2.11. The largest absolute Gasteiger partial charge is 0.322 e. The van der Waals surface area contributed by atoms with E-state index in [0.29, 0.717) is 23.4 Å². The number of Topliss-reactive ketones (excluding diaryl/α,β-unsaturated/α-hetero) is 1. The third-order valence-corrected chi connectivity index (χ3v) is 5.15. The van der Waals surface area contributed by atoms with E-state index in [-0.39, 0.29) is 23.3 Å². The minimum absolute atomic E-state index is 0.0375. The summed E-state index contributed by atoms with van der Waals surface area (Å²) in [5.74, 6) is -0.604. The summed E-state index contributed by atoms with van der Waals surface area (Å²) in [6, 6.07) is 17.6. The average Bonchev–Trinajstić information content (AvgIpc) is 2.78. The van der Waals surface area contributed by atoms with Gasteiger partial charge in [-0.25, -0.2) is 0 Å². The molecule has 0 unspecified atom stereocenters. The zero-order chi connectivity index (χ0) is 21.1. The van der Waals surface area contributed by atoms with Gasteiger partial charge in [-0.15, -0.1) is 0 Å². The Kier molecular flexibility index (Phi) is 5.39. The van der Waals surface area contributed by atoms with E-state index in [4.69, 9.17) is 0 Å². The van der Waals surface area contributed by atoms with E-state index in [1.807, 2.05) is 24.3 Å². The topological polar surface area (TPSA) is 79.4 Å². The molecule has 1 aromatic heterocycles. The molecule has 2 aromatic carbocycles. The number of para-hydroxylation sites is 1. The molecule has 0 bridgehead atoms. The van der Waals surface area contributed by atoms with Crippen LogP contribution in [0.25, 0.3) is 0 Å². The first kappa shape index (κ1) is 19.5. The fourth-order valence-corrected chi connectivity index (χ4v) is 3.56. The molecule has 1 N–H and O–H groups in total. The number of pyridine rings is 1. The molecule has 30 heavy (non-hydrogen) atoms. The first-order valence-electron chi connectivity index (χ1n) is 9.81. The van der Waals surface area contributed by atoms with Crippen LogP contribution in [0.4, 0.5) is 11.4 Å². The molecule has 2 heterocycles. The Morgan fingerprint density at radius 3 is 2.50 bits per heavy atom. The lowest BCUT2D eigenvalue weighted by molar-refractivity contribution is 0.0978. The van der Waals surface area contributed by atoms with Crippen molar-refractivity contribution in [3.05, 3.63) is 89.2 Å². The number of aromatic nitrogens is 1. The highest BCUT2D eigenvalue weighted by Crippen LogP contribution is 2.28. The van der Waals surface area contributed by atoms with Crippen LogP contribution >= 0.6 is 0 Å². The molecular formula is C24H21N3O3. The summed E-state index contributed by atoms with van der Waals surface area (Å²) >= 11 is 0. The van der Waals surface area contributed by atoms with Gasteiger partial charge >= 0.3 is 0 Å². The number of aryl methyl sites for hydroxylation is 1. The van der Waals surface area contributed by atoms with Crippen LogP contribution < -0.4 is 10.2 Å². The highest BCUT2D eigenvalue weighted by atomic mass is 16.2. The number of carbonyl (C=O) groups is 3. The number of hydrogen-bond donors (Lipinski definition) is 1. The molecule has 0 saturated heterocycles. The van der Waals surface area contributed by atoms with Gasteiger partial charge in [0.1, 0.15) is 5.69 Å². The highest BCUT2D eigenvalue weighted by Gasteiger charge is 2.24. The summed E-state index contributed by atoms with van der Waals surface area (Å²) < 4.78 is 0. The second kappa shape index (κ2) is 8.29. The first-order chi connectivity index (χ1) is 14.5. The maximum absolute atomic E-state index is 13.1. The lowest BCUT2D eigenvalue weighted by atomic mass is 10.0. The van der Waals surface area contributed by atoms with Crippen LogP contribution in [0.1, 0.15) is 50.1 Å². The third-order valence-electron chi connectivity index (χ3n) is 5.15. The maximum atomic E-state index is 13.1. The van der Waals surface area contributed by atoms with Crippen LogP contribution in [0.3, 0.4) is 0 Å². The minimum atomic E-state index is -0.346. The lowest BCUT2D eigenvalue weighted by Gasteiger charge is -2.29. The fraction of sp³-hybridized carbons (Fsp3) is 0.167. The van der Waals surface area contributed by atoms with Crippen molar-refractivity contribution in [1.29, 1.82) is 0 Å². The zero-order valence-electron chi connectivity index (χ0n) is 16.6. The second-order valence-electron chi connectivity index (χ2n) is 7.21. The molecule has 1 aliphatic heterocycles. The Balaban J connectivity index is 1.53. The smallest absolute Gasteiger partial charge is 0.276 e. The summed E-state index contributed by atoms with van der Waals surface area (Å²) in [4.78, 5) is 43.1. The monoisotopic (exact) mass is 399 g/mol. The predicted octanol–water partition coefficient (Wildman–Crippen LogP) is 4.13. The summed E-state index contributed by atoms with van der Waals surface area (Å²) in [6.07, 6.45) is 3.30. The van der Waals surface area contributed by atoms with E-state index in [0.717, 1.165) is 24.1 Å². The standard InChI is InChI=1S/C24H21N3O3/c1-16(28)17-8-10-20(11-9-17)26-23(29)19-12-13-25-21(15-19)24(30)27-14-4-6-18-5-2-3-7-22(18)27/h2-3,5,7-13,15H,4,6,14H2,1H3,(H,26,29). The number of carbonyl (C=O) groups excluding carboxylic acids is 3. The number of amides is 2. The highest BCUT2D eigenvalue weighted by molar-refractivity contribution is 6.09. The Bertz CT molecular complexity index is 1120. The van der Waals surface area contributed by atoms with Crippen molar-refractivity contribution in [3.63, 3.8) is 0 Å². The van der Waals surface area contributed by atoms with E-state index < -0.39 is 0 Å². The number of ketones is 1. The molecule has 0 saturated carbocycles. The number of fused-ring (bicyclic) bond motifs is 1. The van der Waals surface area contributed by atoms with Gasteiger partial charge in [0.15, 0.2) is 5.78 Å². The Morgan fingerprint density at radius 2 is 1.73 bits per heavy atom. The molecule has 150 valence electrons. The number of nitrogens with zero attached hydrogens (tertiary/aromatic N) is 2. The SMILES string of the molecule is CC(=O)c1ccc(NC(=O)c2ccnc(C(=O)N3CCCc4ccccc43)c2)cc1. The normalized spacial score (nSPS) is 12.8. The van der Waals surface area contributed by atoms with Gasteiger partial charge < -0.3 is 10.2 Å². The van der Waals surface area contributed by atoms with Crippen LogP contribution in [-0.4, -0.2) is 29.1 Å². The molecule has 2 amide bonds. The van der Waals surface area contributed by atoms with Crippen molar-refractivity contribution in [1.82, 2.24) is 4.98 Å². The van der Waals surface area contributed by atoms with Crippen molar-refractivity contribution in [2.24, 2.45) is 0 Å². The minimum Gasteiger partial charge on any atom is -0.322 e. The van der Waals surface area contributed by atoms with Gasteiger partial charge in [0.2, 0.25) is 0 Å². The van der Waals surface area contributed by atoms with Gasteiger partial charge in [-0.1, -0.05) is 18.2 Å². The third kappa shape index (κ3) is 3.98. The lowest BCUT2D eigenvalue weighted by Crippen LogP contribution is -2.36. The predicted molar refractivity (Wildman–Crippen MR) is 115 cm³/mol. The van der Waals surface area contributed by atoms with Crippen LogP contribution in [-0.2, 0) is 6.42 Å². The molecule has 0 radical (unpaired) electrons. The van der Waals surface area contributed by atoms with Gasteiger partial charge in [-0.05, 0) is 67.8 Å². The Hall–Kier alpha value is -3.80. The van der Waals surface area contributed by atoms with E-state index in [1.165, 1.54) is 19.2 Å². The molecule has 0 fully saturated rings. The van der Waals surface area contributed by atoms with Gasteiger partial charge in [-0.2, -0.15) is 0 Å². The molecule has 4 rings (SSSR count). The van der Waals surface area contributed by atoms with Gasteiger partial charge in [0.05, 0.1) is 0 Å². The van der Waals surface area contributed by atoms with Crippen LogP contribution in [0, 0.1) is 0 Å². The van der Waals surface area contributed by atoms with Gasteiger partial charge in [0, 0.05) is 35.2 Å². The van der Waals surface area contributed by atoms with Crippen LogP contribution in [0.5, 0.6) is 0 Å². The fourth-order valence-electron chi connectivity index (χ4n) is 3.56. The molecule has 0 spiro atoms. The number of hydrogen-bond acceptors (Lipinski definition) is 4. The molecular weight excluding hydrogens is 378 g/mol. The molecule has 6 heteroatoms. The van der Waals surface area contributed by atoms with Crippen molar-refractivity contribution < 1.29 is 14.4 Å². The van der Waals surface area contributed by atoms with E-state index >= 15 is 0 Å². The summed E-state index contributed by atoms with van der Waals surface area (Å²) in [5, 5.41) is 2.78. The quantitative estimate of drug-likeness (QED) is 0.669. The van der Waals surface area contributed by atoms with E-state index in [1.54, 1.807) is 35.2 Å².